The van der Waals surface area contributed by atoms with Gasteiger partial charge in [0.1, 0.15) is 0 Å². The Hall–Kier alpha value is -0.900. The number of ether oxygens (including phenoxy) is 2. The fourth-order valence-corrected chi connectivity index (χ4v) is 1.93. The first kappa shape index (κ1) is 15.2. The number of benzene rings is 1. The van der Waals surface area contributed by atoms with Crippen LogP contribution >= 0.6 is 0 Å². The maximum absolute atomic E-state index is 5.45. The molecule has 0 radical (unpaired) electrons. The summed E-state index contributed by atoms with van der Waals surface area (Å²) in [6, 6.07) is 10.9. The smallest absolute Gasteiger partial charge is 0.0700 e. The van der Waals surface area contributed by atoms with E-state index in [9.17, 15) is 0 Å². The molecule has 1 aromatic carbocycles. The van der Waals surface area contributed by atoms with Crippen molar-refractivity contribution < 1.29 is 9.47 Å². The molecule has 3 nitrogen and oxygen atoms in total. The Bertz CT molecular complexity index is 301. The summed E-state index contributed by atoms with van der Waals surface area (Å²) in [5.41, 5.74) is 1.34. The molecule has 0 heterocycles. The highest BCUT2D eigenvalue weighted by molar-refractivity contribution is 5.19. The van der Waals surface area contributed by atoms with E-state index in [4.69, 9.17) is 9.47 Å². The van der Waals surface area contributed by atoms with Crippen molar-refractivity contribution in [1.82, 2.24) is 5.32 Å². The molecule has 0 aromatic heterocycles. The molecular formula is C15H25NO2. The molecule has 18 heavy (non-hydrogen) atoms. The SMILES string of the molecule is COCCOCCNC(c1ccccc1)C(C)C. The summed E-state index contributed by atoms with van der Waals surface area (Å²) in [7, 11) is 1.69. The molecule has 1 N–H and O–H groups in total. The molecule has 1 aromatic rings. The number of hydrogen-bond donors (Lipinski definition) is 1. The molecule has 1 unspecified atom stereocenters. The van der Waals surface area contributed by atoms with E-state index >= 15 is 0 Å². The number of hydrogen-bond acceptors (Lipinski definition) is 3. The zero-order valence-corrected chi connectivity index (χ0v) is 11.7. The second kappa shape index (κ2) is 9.09. The summed E-state index contributed by atoms with van der Waals surface area (Å²) < 4.78 is 10.4. The molecule has 0 fully saturated rings. The lowest BCUT2D eigenvalue weighted by atomic mass is 9.96. The Balaban J connectivity index is 2.31. The normalized spacial score (nSPS) is 12.9. The second-order valence-corrected chi connectivity index (χ2v) is 4.69. The first-order valence-corrected chi connectivity index (χ1v) is 6.60. The van der Waals surface area contributed by atoms with Gasteiger partial charge in [-0.2, -0.15) is 0 Å². The molecule has 3 heteroatoms. The van der Waals surface area contributed by atoms with Crippen molar-refractivity contribution in [2.75, 3.05) is 33.5 Å². The van der Waals surface area contributed by atoms with Gasteiger partial charge < -0.3 is 14.8 Å². The van der Waals surface area contributed by atoms with Gasteiger partial charge in [0.2, 0.25) is 0 Å². The van der Waals surface area contributed by atoms with Crippen molar-refractivity contribution in [2.45, 2.75) is 19.9 Å². The van der Waals surface area contributed by atoms with E-state index in [1.165, 1.54) is 5.56 Å². The Kier molecular flexibility index (Phi) is 7.65. The standard InChI is InChI=1S/C15H25NO2/c1-13(2)15(14-7-5-4-6-8-14)16-9-10-18-12-11-17-3/h4-8,13,15-16H,9-12H2,1-3H3. The first-order chi connectivity index (χ1) is 8.75. The Labute approximate surface area is 110 Å². The Morgan fingerprint density at radius 1 is 1.06 bits per heavy atom. The summed E-state index contributed by atoms with van der Waals surface area (Å²) in [4.78, 5) is 0. The molecule has 0 aliphatic heterocycles. The number of methoxy groups -OCH3 is 1. The van der Waals surface area contributed by atoms with Crippen molar-refractivity contribution in [2.24, 2.45) is 5.92 Å². The summed E-state index contributed by atoms with van der Waals surface area (Å²) >= 11 is 0. The van der Waals surface area contributed by atoms with Crippen molar-refractivity contribution in [3.63, 3.8) is 0 Å². The van der Waals surface area contributed by atoms with Crippen molar-refractivity contribution in [1.29, 1.82) is 0 Å². The fraction of sp³-hybridized carbons (Fsp3) is 0.600. The minimum Gasteiger partial charge on any atom is -0.382 e. The minimum atomic E-state index is 0.386. The van der Waals surface area contributed by atoms with E-state index in [1.807, 2.05) is 0 Å². The van der Waals surface area contributed by atoms with Crippen LogP contribution in [0.25, 0.3) is 0 Å². The lowest BCUT2D eigenvalue weighted by Crippen LogP contribution is -2.29. The summed E-state index contributed by atoms with van der Waals surface area (Å²) in [5.74, 6) is 0.561. The molecule has 102 valence electrons. The van der Waals surface area contributed by atoms with Gasteiger partial charge in [0.25, 0.3) is 0 Å². The number of rotatable bonds is 9. The van der Waals surface area contributed by atoms with Crippen LogP contribution in [-0.2, 0) is 9.47 Å². The summed E-state index contributed by atoms with van der Waals surface area (Å²) in [5, 5.41) is 3.55. The van der Waals surface area contributed by atoms with Crippen molar-refractivity contribution >= 4 is 0 Å². The van der Waals surface area contributed by atoms with Crippen LogP contribution in [0.3, 0.4) is 0 Å². The zero-order chi connectivity index (χ0) is 13.2. The van der Waals surface area contributed by atoms with E-state index in [0.29, 0.717) is 25.2 Å². The summed E-state index contributed by atoms with van der Waals surface area (Å²) in [6.45, 7) is 7.37. The van der Waals surface area contributed by atoms with E-state index in [-0.39, 0.29) is 0 Å². The van der Waals surface area contributed by atoms with Gasteiger partial charge in [-0.15, -0.1) is 0 Å². The highest BCUT2D eigenvalue weighted by Crippen LogP contribution is 2.20. The molecule has 0 aliphatic carbocycles. The molecule has 1 atom stereocenters. The lowest BCUT2D eigenvalue weighted by Gasteiger charge is -2.23. The highest BCUT2D eigenvalue weighted by Gasteiger charge is 2.13. The largest absolute Gasteiger partial charge is 0.382 e. The van der Waals surface area contributed by atoms with Gasteiger partial charge in [-0.25, -0.2) is 0 Å². The van der Waals surface area contributed by atoms with Gasteiger partial charge in [-0.1, -0.05) is 44.2 Å². The predicted molar refractivity (Wildman–Crippen MR) is 74.7 cm³/mol. The third kappa shape index (κ3) is 5.63. The van der Waals surface area contributed by atoms with Crippen LogP contribution in [0.15, 0.2) is 30.3 Å². The average molecular weight is 251 g/mol. The Morgan fingerprint density at radius 2 is 1.78 bits per heavy atom. The van der Waals surface area contributed by atoms with E-state index < -0.39 is 0 Å². The van der Waals surface area contributed by atoms with Gasteiger partial charge in [0.15, 0.2) is 0 Å². The van der Waals surface area contributed by atoms with Crippen LogP contribution in [0.4, 0.5) is 0 Å². The second-order valence-electron chi connectivity index (χ2n) is 4.69. The molecule has 0 saturated heterocycles. The fourth-order valence-electron chi connectivity index (χ4n) is 1.93. The predicted octanol–water partition coefficient (Wildman–Crippen LogP) is 2.64. The van der Waals surface area contributed by atoms with Crippen LogP contribution in [0.5, 0.6) is 0 Å². The third-order valence-electron chi connectivity index (χ3n) is 2.87. The average Bonchev–Trinajstić information content (AvgIpc) is 2.38. The van der Waals surface area contributed by atoms with E-state index in [2.05, 4.69) is 49.5 Å². The molecule has 0 bridgehead atoms. The topological polar surface area (TPSA) is 30.5 Å². The highest BCUT2D eigenvalue weighted by atomic mass is 16.5. The maximum atomic E-state index is 5.45. The van der Waals surface area contributed by atoms with E-state index in [1.54, 1.807) is 7.11 Å². The monoisotopic (exact) mass is 251 g/mol. The van der Waals surface area contributed by atoms with Crippen LogP contribution in [0, 0.1) is 5.92 Å². The van der Waals surface area contributed by atoms with Gasteiger partial charge in [0, 0.05) is 19.7 Å². The molecule has 0 saturated carbocycles. The quantitative estimate of drug-likeness (QED) is 0.684. The van der Waals surface area contributed by atoms with Gasteiger partial charge in [-0.3, -0.25) is 0 Å². The minimum absolute atomic E-state index is 0.386. The molecule has 0 amide bonds. The third-order valence-corrected chi connectivity index (χ3v) is 2.87. The molecular weight excluding hydrogens is 226 g/mol. The van der Waals surface area contributed by atoms with Crippen LogP contribution in [-0.4, -0.2) is 33.5 Å². The maximum Gasteiger partial charge on any atom is 0.0700 e. The van der Waals surface area contributed by atoms with Crippen LogP contribution < -0.4 is 5.32 Å². The van der Waals surface area contributed by atoms with Gasteiger partial charge >= 0.3 is 0 Å². The number of nitrogens with one attached hydrogen (secondary N) is 1. The molecule has 0 spiro atoms. The van der Waals surface area contributed by atoms with E-state index in [0.717, 1.165) is 13.2 Å². The zero-order valence-electron chi connectivity index (χ0n) is 11.7. The Morgan fingerprint density at radius 3 is 2.39 bits per heavy atom. The van der Waals surface area contributed by atoms with Crippen molar-refractivity contribution in [3.8, 4) is 0 Å². The van der Waals surface area contributed by atoms with Gasteiger partial charge in [-0.05, 0) is 11.5 Å². The lowest BCUT2D eigenvalue weighted by molar-refractivity contribution is 0.0704. The molecule has 0 aliphatic rings. The van der Waals surface area contributed by atoms with Crippen LogP contribution in [0.1, 0.15) is 25.5 Å². The van der Waals surface area contributed by atoms with Gasteiger partial charge in [0.05, 0.1) is 19.8 Å². The summed E-state index contributed by atoms with van der Waals surface area (Å²) in [6.07, 6.45) is 0. The van der Waals surface area contributed by atoms with Crippen LogP contribution in [0.2, 0.25) is 0 Å². The first-order valence-electron chi connectivity index (χ1n) is 6.60. The van der Waals surface area contributed by atoms with Crippen molar-refractivity contribution in [3.05, 3.63) is 35.9 Å². The molecule has 1 rings (SSSR count).